The quantitative estimate of drug-likeness (QED) is 0.0222. The van der Waals surface area contributed by atoms with E-state index in [-0.39, 0.29) is 25.7 Å². The van der Waals surface area contributed by atoms with Gasteiger partial charge in [0.1, 0.15) is 19.3 Å². The minimum atomic E-state index is -4.97. The van der Waals surface area contributed by atoms with Crippen molar-refractivity contribution < 1.29 is 80.2 Å². The van der Waals surface area contributed by atoms with Gasteiger partial charge < -0.3 is 33.8 Å². The van der Waals surface area contributed by atoms with Crippen molar-refractivity contribution in [3.8, 4) is 0 Å². The summed E-state index contributed by atoms with van der Waals surface area (Å²) in [4.78, 5) is 73.5. The van der Waals surface area contributed by atoms with Gasteiger partial charge in [-0.3, -0.25) is 37.3 Å². The molecule has 0 saturated carbocycles. The number of ether oxygens (including phenoxy) is 4. The fourth-order valence-electron chi connectivity index (χ4n) is 14.7. The second-order valence-electron chi connectivity index (χ2n) is 35.7. The van der Waals surface area contributed by atoms with Gasteiger partial charge in [-0.05, 0) is 49.4 Å². The predicted octanol–water partition coefficient (Wildman–Crippen LogP) is 29.1. The molecule has 0 aromatic heterocycles. The highest BCUT2D eigenvalue weighted by atomic mass is 31.2. The first-order valence-corrected chi connectivity index (χ1v) is 51.2. The molecule has 0 rings (SSSR count). The Morgan fingerprint density at radius 3 is 0.549 bits per heavy atom. The summed E-state index contributed by atoms with van der Waals surface area (Å²) >= 11 is 0. The maximum atomic E-state index is 13.2. The Kier molecular flexibility index (Phi) is 81.0. The van der Waals surface area contributed by atoms with E-state index in [1.54, 1.807) is 0 Å². The smallest absolute Gasteiger partial charge is 0.462 e. The zero-order valence-corrected chi connectivity index (χ0v) is 76.8. The zero-order chi connectivity index (χ0) is 83.0. The first-order valence-electron chi connectivity index (χ1n) is 48.2. The molecule has 0 aliphatic heterocycles. The molecule has 3 unspecified atom stereocenters. The van der Waals surface area contributed by atoms with Crippen LogP contribution in [0.2, 0.25) is 0 Å². The van der Waals surface area contributed by atoms with Gasteiger partial charge in [0.25, 0.3) is 0 Å². The molecular formula is C94H184O17P2. The highest BCUT2D eigenvalue weighted by Gasteiger charge is 2.31. The summed E-state index contributed by atoms with van der Waals surface area (Å²) in [5.74, 6) is 1.07. The number of rotatable bonds is 91. The average molecular weight is 1650 g/mol. The van der Waals surface area contributed by atoms with E-state index in [1.807, 2.05) is 0 Å². The van der Waals surface area contributed by atoms with Crippen molar-refractivity contribution in [2.45, 2.75) is 517 Å². The van der Waals surface area contributed by atoms with E-state index in [0.717, 1.165) is 114 Å². The number of phosphoric acid groups is 2. The number of aliphatic hydroxyl groups excluding tert-OH is 1. The number of hydrogen-bond donors (Lipinski definition) is 3. The van der Waals surface area contributed by atoms with Crippen molar-refractivity contribution in [1.29, 1.82) is 0 Å². The maximum Gasteiger partial charge on any atom is 0.472 e. The average Bonchev–Trinajstić information content (AvgIpc) is 0.896. The normalized spacial score (nSPS) is 13.8. The Hall–Kier alpha value is -1.94. The van der Waals surface area contributed by atoms with Crippen molar-refractivity contribution in [2.75, 3.05) is 39.6 Å². The van der Waals surface area contributed by atoms with Crippen LogP contribution in [-0.2, 0) is 65.4 Å². The van der Waals surface area contributed by atoms with Crippen LogP contribution in [0.25, 0.3) is 0 Å². The third-order valence-electron chi connectivity index (χ3n) is 22.1. The van der Waals surface area contributed by atoms with Crippen LogP contribution in [0.5, 0.6) is 0 Å². The summed E-state index contributed by atoms with van der Waals surface area (Å²) in [7, 11) is -9.94. The molecule has 0 amide bonds. The van der Waals surface area contributed by atoms with Gasteiger partial charge in [-0.1, -0.05) is 447 Å². The third-order valence-corrected chi connectivity index (χ3v) is 24.0. The Balaban J connectivity index is 5.21. The largest absolute Gasteiger partial charge is 0.472 e. The number of unbranched alkanes of at least 4 members (excludes halogenated alkanes) is 57. The lowest BCUT2D eigenvalue weighted by atomic mass is 10.0. The van der Waals surface area contributed by atoms with Gasteiger partial charge in [-0.25, -0.2) is 9.13 Å². The summed E-state index contributed by atoms with van der Waals surface area (Å²) in [5, 5.41) is 10.7. The number of esters is 4. The molecule has 0 aromatic carbocycles. The van der Waals surface area contributed by atoms with E-state index in [9.17, 15) is 43.2 Å². The topological polar surface area (TPSA) is 237 Å². The third kappa shape index (κ3) is 87.7. The molecule has 3 N–H and O–H groups in total. The van der Waals surface area contributed by atoms with Crippen LogP contribution in [0.15, 0.2) is 0 Å². The lowest BCUT2D eigenvalue weighted by Gasteiger charge is -2.21. The Bertz CT molecular complexity index is 2180. The van der Waals surface area contributed by atoms with Crippen molar-refractivity contribution in [3.63, 3.8) is 0 Å². The molecular weight excluding hydrogens is 1460 g/mol. The fraction of sp³-hybridized carbons (Fsp3) is 0.957. The molecule has 0 spiro atoms. The van der Waals surface area contributed by atoms with Gasteiger partial charge in [0.2, 0.25) is 0 Å². The van der Waals surface area contributed by atoms with E-state index in [4.69, 9.17) is 37.0 Å². The Labute approximate surface area is 696 Å². The molecule has 0 aliphatic carbocycles. The SMILES string of the molecule is CC(C)CCCCCCCCCCCCCCCCCCCCC(=O)OC[C@H](COP(=O)(O)OCC(O)COP(=O)(O)OC[C@@H](COC(=O)CCCCCCCCCC(C)C)OC(=O)CCCCCCCCCCCCCCCCCCCCC(C)C)OC(=O)CCCCCCCCCCCCCCCCCCCCC(C)C. The molecule has 0 saturated heterocycles. The number of carbonyl (C=O) groups is 4. The molecule has 0 aromatic rings. The van der Waals surface area contributed by atoms with E-state index in [0.29, 0.717) is 31.6 Å². The molecule has 672 valence electrons. The molecule has 17 nitrogen and oxygen atoms in total. The van der Waals surface area contributed by atoms with Crippen molar-refractivity contribution in [3.05, 3.63) is 0 Å². The van der Waals surface area contributed by atoms with E-state index >= 15 is 0 Å². The van der Waals surface area contributed by atoms with Crippen molar-refractivity contribution in [2.24, 2.45) is 23.7 Å². The molecule has 5 atom stereocenters. The van der Waals surface area contributed by atoms with Gasteiger partial charge in [-0.2, -0.15) is 0 Å². The van der Waals surface area contributed by atoms with Crippen LogP contribution in [0, 0.1) is 23.7 Å². The molecule has 0 aliphatic rings. The standard InChI is InChI=1S/C94H184O17P2/c1-84(2)70-62-54-46-39-33-27-21-15-9-12-18-24-30-36-42-50-58-66-74-91(96)104-80-89(110-93(98)76-68-60-51-43-37-31-25-19-13-10-16-22-28-34-40-47-55-63-71-85(3)4)82-108-112(100,101)106-78-88(95)79-107-113(102,103)109-83-90(81-105-92(97)75-67-59-53-45-49-57-65-73-87(7)8)111-94(99)77-69-61-52-44-38-32-26-20-14-11-17-23-29-35-41-48-56-64-72-86(5)6/h84-90,95H,9-83H2,1-8H3,(H,100,101)(H,102,103)/t88?,89-,90-/m1/s1. The fourth-order valence-corrected chi connectivity index (χ4v) is 16.3. The molecule has 113 heavy (non-hydrogen) atoms. The minimum absolute atomic E-state index is 0.108. The van der Waals surface area contributed by atoms with Crippen LogP contribution in [-0.4, -0.2) is 96.7 Å². The van der Waals surface area contributed by atoms with Crippen LogP contribution in [0.4, 0.5) is 0 Å². The molecule has 0 radical (unpaired) electrons. The van der Waals surface area contributed by atoms with Crippen LogP contribution in [0.3, 0.4) is 0 Å². The molecule has 0 fully saturated rings. The summed E-state index contributed by atoms with van der Waals surface area (Å²) in [6, 6.07) is 0. The maximum absolute atomic E-state index is 13.2. The number of hydrogen-bond acceptors (Lipinski definition) is 15. The van der Waals surface area contributed by atoms with Crippen LogP contribution < -0.4 is 0 Å². The van der Waals surface area contributed by atoms with E-state index < -0.39 is 97.5 Å². The van der Waals surface area contributed by atoms with Gasteiger partial charge in [0.05, 0.1) is 26.4 Å². The number of carbonyl (C=O) groups excluding carboxylic acids is 4. The summed E-state index contributed by atoms with van der Waals surface area (Å²) < 4.78 is 69.1. The lowest BCUT2D eigenvalue weighted by Crippen LogP contribution is -2.30. The van der Waals surface area contributed by atoms with Crippen LogP contribution in [0.1, 0.15) is 498 Å². The Morgan fingerprint density at radius 2 is 0.372 bits per heavy atom. The molecule has 19 heteroatoms. The van der Waals surface area contributed by atoms with E-state index in [1.165, 1.54) is 295 Å². The van der Waals surface area contributed by atoms with Gasteiger partial charge in [0.15, 0.2) is 12.2 Å². The molecule has 0 heterocycles. The van der Waals surface area contributed by atoms with Crippen LogP contribution >= 0.6 is 15.6 Å². The van der Waals surface area contributed by atoms with Crippen molar-refractivity contribution in [1.82, 2.24) is 0 Å². The highest BCUT2D eigenvalue weighted by molar-refractivity contribution is 7.47. The van der Waals surface area contributed by atoms with Gasteiger partial charge in [0, 0.05) is 25.7 Å². The van der Waals surface area contributed by atoms with E-state index in [2.05, 4.69) is 55.4 Å². The number of aliphatic hydroxyl groups is 1. The zero-order valence-electron chi connectivity index (χ0n) is 75.0. The van der Waals surface area contributed by atoms with Crippen molar-refractivity contribution >= 4 is 39.5 Å². The second kappa shape index (κ2) is 82.4. The minimum Gasteiger partial charge on any atom is -0.462 e. The van der Waals surface area contributed by atoms with Gasteiger partial charge >= 0.3 is 39.5 Å². The highest BCUT2D eigenvalue weighted by Crippen LogP contribution is 2.45. The first kappa shape index (κ1) is 111. The number of phosphoric ester groups is 2. The first-order chi connectivity index (χ1) is 54.6. The molecule has 0 bridgehead atoms. The monoisotopic (exact) mass is 1650 g/mol. The predicted molar refractivity (Wildman–Crippen MR) is 469 cm³/mol. The van der Waals surface area contributed by atoms with Gasteiger partial charge in [-0.15, -0.1) is 0 Å². The summed E-state index contributed by atoms with van der Waals surface area (Å²) in [5.41, 5.74) is 0. The Morgan fingerprint density at radius 1 is 0.221 bits per heavy atom. The lowest BCUT2D eigenvalue weighted by molar-refractivity contribution is -0.161. The second-order valence-corrected chi connectivity index (χ2v) is 38.6. The summed E-state index contributed by atoms with van der Waals surface area (Å²) in [6.45, 7) is 14.4. The summed E-state index contributed by atoms with van der Waals surface area (Å²) in [6.07, 6.45) is 75.3.